The highest BCUT2D eigenvalue weighted by Crippen LogP contribution is 2.71. The third kappa shape index (κ3) is 2.76. The van der Waals surface area contributed by atoms with E-state index in [4.69, 9.17) is 0 Å². The molecule has 1 aromatic rings. The fourth-order valence-corrected chi connectivity index (χ4v) is 7.94. The molecule has 1 aliphatic carbocycles. The second-order valence-corrected chi connectivity index (χ2v) is 13.7. The minimum Gasteiger partial charge on any atom is -0.261 e. The van der Waals surface area contributed by atoms with Crippen LogP contribution in [0.3, 0.4) is 0 Å². The van der Waals surface area contributed by atoms with Gasteiger partial charge in [0.2, 0.25) is 0 Å². The van der Waals surface area contributed by atoms with Crippen molar-refractivity contribution < 1.29 is 0 Å². The number of hydrogen-bond acceptors (Lipinski definition) is 1. The molecular weight excluding hydrogens is 258 g/mol. The Hall–Kier alpha value is 0.870. The molecule has 0 saturated heterocycles. The Morgan fingerprint density at radius 2 is 2.33 bits per heavy atom. The SMILES string of the molecule is C[C@H]1Cc2cccnc2C[C@H]1P(P)PP. The molecule has 0 saturated carbocycles. The maximum absolute atomic E-state index is 4.52. The molecule has 0 spiro atoms. The van der Waals surface area contributed by atoms with Crippen LogP contribution in [0.25, 0.3) is 0 Å². The van der Waals surface area contributed by atoms with Gasteiger partial charge >= 0.3 is 0 Å². The third-order valence-electron chi connectivity index (χ3n) is 3.09. The molecule has 1 aliphatic rings. The Labute approximate surface area is 99.2 Å². The van der Waals surface area contributed by atoms with E-state index in [1.807, 2.05) is 6.20 Å². The van der Waals surface area contributed by atoms with E-state index in [2.05, 4.69) is 41.9 Å². The van der Waals surface area contributed by atoms with Crippen molar-refractivity contribution in [1.82, 2.24) is 4.98 Å². The van der Waals surface area contributed by atoms with Gasteiger partial charge in [0, 0.05) is 11.9 Å². The molecule has 0 fully saturated rings. The molecule has 0 N–H and O–H groups in total. The highest BCUT2D eigenvalue weighted by Gasteiger charge is 2.29. The van der Waals surface area contributed by atoms with E-state index >= 15 is 0 Å². The monoisotopic (exact) mass is 275 g/mol. The van der Waals surface area contributed by atoms with Crippen LogP contribution < -0.4 is 0 Å². The van der Waals surface area contributed by atoms with Crippen molar-refractivity contribution in [3.05, 3.63) is 29.6 Å². The first kappa shape index (κ1) is 12.3. The molecule has 1 nitrogen and oxygen atoms in total. The Morgan fingerprint density at radius 3 is 3.07 bits per heavy atom. The van der Waals surface area contributed by atoms with Gasteiger partial charge in [0.1, 0.15) is 0 Å². The van der Waals surface area contributed by atoms with Gasteiger partial charge in [0.05, 0.1) is 0 Å². The Morgan fingerprint density at radius 1 is 1.53 bits per heavy atom. The lowest BCUT2D eigenvalue weighted by molar-refractivity contribution is 0.507. The van der Waals surface area contributed by atoms with E-state index in [0.29, 0.717) is 0 Å². The van der Waals surface area contributed by atoms with Crippen LogP contribution >= 0.6 is 33.1 Å². The normalized spacial score (nSPS) is 27.9. The summed E-state index contributed by atoms with van der Waals surface area (Å²) in [5, 5.41) is 0. The predicted molar refractivity (Wildman–Crippen MR) is 79.3 cm³/mol. The summed E-state index contributed by atoms with van der Waals surface area (Å²) < 4.78 is 0. The minimum absolute atomic E-state index is 0.107. The van der Waals surface area contributed by atoms with Crippen molar-refractivity contribution >= 4 is 33.1 Å². The predicted octanol–water partition coefficient (Wildman–Crippen LogP) is 3.84. The zero-order valence-electron chi connectivity index (χ0n) is 8.85. The van der Waals surface area contributed by atoms with Crippen molar-refractivity contribution in [2.75, 3.05) is 0 Å². The molecule has 4 unspecified atom stereocenters. The standard InChI is InChI=1S/C10H17NP4/c1-7-5-8-3-2-4-11-9(8)6-10(7)15(13)14-12/h2-4,7,10,14H,5-6,12-13H2,1H3/t7-,10+,15?/m0/s1. The number of aromatic nitrogens is 1. The van der Waals surface area contributed by atoms with E-state index in [1.165, 1.54) is 24.1 Å². The lowest BCUT2D eigenvalue weighted by atomic mass is 9.87. The summed E-state index contributed by atoms with van der Waals surface area (Å²) in [7, 11) is 7.09. The summed E-state index contributed by atoms with van der Waals surface area (Å²) in [5.74, 6) is 0.818. The summed E-state index contributed by atoms with van der Waals surface area (Å²) >= 11 is 0. The number of fused-ring (bicyclic) bond motifs is 1. The number of nitrogens with zero attached hydrogens (tertiary/aromatic N) is 1. The average Bonchev–Trinajstić information content (AvgIpc) is 2.27. The molecule has 6 atom stereocenters. The van der Waals surface area contributed by atoms with Crippen molar-refractivity contribution in [3.8, 4) is 0 Å². The van der Waals surface area contributed by atoms with Crippen molar-refractivity contribution in [3.63, 3.8) is 0 Å². The zero-order valence-corrected chi connectivity index (χ0v) is 13.1. The maximum atomic E-state index is 4.52. The number of hydrogen-bond donors (Lipinski definition) is 0. The van der Waals surface area contributed by atoms with Crippen LogP contribution in [0.15, 0.2) is 18.3 Å². The zero-order chi connectivity index (χ0) is 10.8. The fraction of sp³-hybridized carbons (Fsp3) is 0.500. The van der Waals surface area contributed by atoms with Crippen LogP contribution in [0, 0.1) is 5.92 Å². The summed E-state index contributed by atoms with van der Waals surface area (Å²) in [6.07, 6.45) is 4.34. The summed E-state index contributed by atoms with van der Waals surface area (Å²) in [4.78, 5) is 4.52. The van der Waals surface area contributed by atoms with Gasteiger partial charge in [0.15, 0.2) is 0 Å². The Balaban J connectivity index is 2.22. The number of rotatable bonds is 2. The van der Waals surface area contributed by atoms with Gasteiger partial charge < -0.3 is 0 Å². The minimum atomic E-state index is 0.107. The molecule has 0 radical (unpaired) electrons. The molecule has 0 aliphatic heterocycles. The lowest BCUT2D eigenvalue weighted by Gasteiger charge is -2.33. The summed E-state index contributed by atoms with van der Waals surface area (Å²) in [5.41, 5.74) is 3.67. The first-order chi connectivity index (χ1) is 7.22. The van der Waals surface area contributed by atoms with Gasteiger partial charge in [-0.1, -0.05) is 28.2 Å². The van der Waals surface area contributed by atoms with Crippen LogP contribution in [0.5, 0.6) is 0 Å². The van der Waals surface area contributed by atoms with E-state index in [1.54, 1.807) is 0 Å². The molecule has 5 heteroatoms. The van der Waals surface area contributed by atoms with Crippen molar-refractivity contribution in [2.45, 2.75) is 25.4 Å². The van der Waals surface area contributed by atoms with Crippen LogP contribution in [-0.4, -0.2) is 10.6 Å². The smallest absolute Gasteiger partial charge is 0.0442 e. The third-order valence-corrected chi connectivity index (χ3v) is 14.5. The van der Waals surface area contributed by atoms with Gasteiger partial charge in [0.25, 0.3) is 0 Å². The maximum Gasteiger partial charge on any atom is 0.0442 e. The van der Waals surface area contributed by atoms with Gasteiger partial charge in [-0.25, -0.2) is 0 Å². The molecule has 1 aromatic heterocycles. The molecule has 0 aromatic carbocycles. The lowest BCUT2D eigenvalue weighted by Crippen LogP contribution is -2.25. The van der Waals surface area contributed by atoms with E-state index in [0.717, 1.165) is 19.5 Å². The molecule has 15 heavy (non-hydrogen) atoms. The first-order valence-electron chi connectivity index (χ1n) is 5.15. The van der Waals surface area contributed by atoms with E-state index in [-0.39, 0.29) is 7.30 Å². The summed E-state index contributed by atoms with van der Waals surface area (Å²) in [6.45, 7) is 2.39. The Kier molecular flexibility index (Phi) is 4.50. The highest BCUT2D eigenvalue weighted by molar-refractivity contribution is 8.61. The van der Waals surface area contributed by atoms with Crippen LogP contribution in [0.2, 0.25) is 0 Å². The second-order valence-electron chi connectivity index (χ2n) is 4.10. The average molecular weight is 275 g/mol. The van der Waals surface area contributed by atoms with Crippen LogP contribution in [-0.2, 0) is 12.8 Å². The van der Waals surface area contributed by atoms with Crippen LogP contribution in [0.4, 0.5) is 0 Å². The van der Waals surface area contributed by atoms with E-state index in [9.17, 15) is 0 Å². The molecule has 2 rings (SSSR count). The topological polar surface area (TPSA) is 12.9 Å². The van der Waals surface area contributed by atoms with Gasteiger partial charge in [-0.3, -0.25) is 4.98 Å². The Bertz CT molecular complexity index is 344. The largest absolute Gasteiger partial charge is 0.261 e. The molecule has 82 valence electrons. The summed E-state index contributed by atoms with van der Waals surface area (Å²) in [6, 6.07) is 4.30. The van der Waals surface area contributed by atoms with Gasteiger partial charge in [-0.2, -0.15) is 0 Å². The van der Waals surface area contributed by atoms with E-state index < -0.39 is 0 Å². The van der Waals surface area contributed by atoms with Crippen LogP contribution in [0.1, 0.15) is 18.2 Å². The molecule has 1 heterocycles. The molecule has 0 bridgehead atoms. The van der Waals surface area contributed by atoms with Gasteiger partial charge in [-0.05, 0) is 36.0 Å². The molecular formula is C10H17NP4. The highest BCUT2D eigenvalue weighted by atomic mass is 32.6. The first-order valence-corrected chi connectivity index (χ1v) is 11.8. The number of pyridine rings is 1. The second kappa shape index (κ2) is 5.47. The molecule has 0 amide bonds. The van der Waals surface area contributed by atoms with Crippen molar-refractivity contribution in [1.29, 1.82) is 0 Å². The van der Waals surface area contributed by atoms with Gasteiger partial charge in [-0.15, -0.1) is 17.9 Å². The van der Waals surface area contributed by atoms with Crippen molar-refractivity contribution in [2.24, 2.45) is 5.92 Å². The fourth-order valence-electron chi connectivity index (χ4n) is 2.19. The quantitative estimate of drug-likeness (QED) is 0.747.